The van der Waals surface area contributed by atoms with Crippen molar-refractivity contribution >= 4 is 15.9 Å². The Bertz CT molecular complexity index is 152. The Balaban J connectivity index is 2.69. The van der Waals surface area contributed by atoms with Crippen molar-refractivity contribution in [3.63, 3.8) is 0 Å². The quantitative estimate of drug-likeness (QED) is 0.525. The van der Waals surface area contributed by atoms with E-state index in [-0.39, 0.29) is 0 Å². The van der Waals surface area contributed by atoms with Gasteiger partial charge in [-0.2, -0.15) is 0 Å². The highest BCUT2D eigenvalue weighted by molar-refractivity contribution is 9.11. The van der Waals surface area contributed by atoms with E-state index in [0.29, 0.717) is 0 Å². The molecule has 0 saturated heterocycles. The zero-order chi connectivity index (χ0) is 5.82. The van der Waals surface area contributed by atoms with Gasteiger partial charge in [0.25, 0.3) is 0 Å². The molecule has 0 atom stereocenters. The smallest absolute Gasteiger partial charge is 0.00116 e. The van der Waals surface area contributed by atoms with E-state index in [4.69, 9.17) is 0 Å². The summed E-state index contributed by atoms with van der Waals surface area (Å²) in [6.45, 7) is 0. The van der Waals surface area contributed by atoms with Gasteiger partial charge < -0.3 is 0 Å². The Morgan fingerprint density at radius 2 is 2.12 bits per heavy atom. The minimum Gasteiger partial charge on any atom is -0.0796 e. The Hall–Kier alpha value is -0.300. The molecule has 0 nitrogen and oxygen atoms in total. The Kier molecular flexibility index (Phi) is 2.10. The SMILES string of the molecule is BrC1=CC=CC=CC1. The summed E-state index contributed by atoms with van der Waals surface area (Å²) >= 11 is 3.40. The van der Waals surface area contributed by atoms with Crippen LogP contribution in [-0.2, 0) is 0 Å². The van der Waals surface area contributed by atoms with Gasteiger partial charge in [-0.15, -0.1) is 0 Å². The minimum atomic E-state index is 1.02. The highest BCUT2D eigenvalue weighted by Crippen LogP contribution is 2.12. The molecule has 42 valence electrons. The summed E-state index contributed by atoms with van der Waals surface area (Å²) in [5.41, 5.74) is 0. The summed E-state index contributed by atoms with van der Waals surface area (Å²) in [5.74, 6) is 0. The lowest BCUT2D eigenvalue weighted by molar-refractivity contribution is 1.38. The van der Waals surface area contributed by atoms with E-state index in [1.54, 1.807) is 0 Å². The first kappa shape index (κ1) is 5.83. The standard InChI is InChI=1S/C7H7Br/c8-7-5-3-1-2-4-6-7/h1-5H,6H2. The summed E-state index contributed by atoms with van der Waals surface area (Å²) in [4.78, 5) is 0. The topological polar surface area (TPSA) is 0 Å². The van der Waals surface area contributed by atoms with E-state index in [9.17, 15) is 0 Å². The van der Waals surface area contributed by atoms with Gasteiger partial charge in [-0.25, -0.2) is 0 Å². The number of rotatable bonds is 0. The maximum absolute atomic E-state index is 3.40. The van der Waals surface area contributed by atoms with Crippen LogP contribution in [0.5, 0.6) is 0 Å². The molecular weight excluding hydrogens is 164 g/mol. The fourth-order valence-electron chi connectivity index (χ4n) is 0.551. The molecule has 0 amide bonds. The first-order valence-corrected chi connectivity index (χ1v) is 3.37. The van der Waals surface area contributed by atoms with Gasteiger partial charge in [0.2, 0.25) is 0 Å². The second kappa shape index (κ2) is 2.88. The normalized spacial score (nSPS) is 17.9. The molecule has 0 N–H and O–H groups in total. The van der Waals surface area contributed by atoms with Crippen molar-refractivity contribution in [3.05, 3.63) is 34.9 Å². The molecule has 1 rings (SSSR count). The lowest BCUT2D eigenvalue weighted by Gasteiger charge is -1.84. The first-order chi connectivity index (χ1) is 3.89. The van der Waals surface area contributed by atoms with Crippen LogP contribution >= 0.6 is 15.9 Å². The molecule has 0 fully saturated rings. The van der Waals surface area contributed by atoms with Crippen LogP contribution < -0.4 is 0 Å². The Labute approximate surface area is 57.7 Å². The maximum atomic E-state index is 3.40. The number of allylic oxidation sites excluding steroid dienone is 6. The molecule has 0 saturated carbocycles. The molecule has 1 aliphatic carbocycles. The van der Waals surface area contributed by atoms with Crippen molar-refractivity contribution in [2.45, 2.75) is 6.42 Å². The molecule has 1 heteroatoms. The largest absolute Gasteiger partial charge is 0.0796 e. The van der Waals surface area contributed by atoms with Crippen molar-refractivity contribution in [1.29, 1.82) is 0 Å². The fourth-order valence-corrected chi connectivity index (χ4v) is 0.891. The van der Waals surface area contributed by atoms with Gasteiger partial charge in [-0.05, 0) is 10.9 Å². The van der Waals surface area contributed by atoms with E-state index in [1.165, 1.54) is 4.48 Å². The van der Waals surface area contributed by atoms with Crippen LogP contribution in [0.15, 0.2) is 34.9 Å². The van der Waals surface area contributed by atoms with Crippen LogP contribution in [0, 0.1) is 0 Å². The van der Waals surface area contributed by atoms with E-state index >= 15 is 0 Å². The lowest BCUT2D eigenvalue weighted by Crippen LogP contribution is -1.60. The third-order valence-corrected chi connectivity index (χ3v) is 1.54. The summed E-state index contributed by atoms with van der Waals surface area (Å²) in [5, 5.41) is 0. The average molecular weight is 171 g/mol. The lowest BCUT2D eigenvalue weighted by atomic mass is 10.4. The third-order valence-electron chi connectivity index (χ3n) is 0.948. The van der Waals surface area contributed by atoms with E-state index in [0.717, 1.165) is 6.42 Å². The van der Waals surface area contributed by atoms with Crippen molar-refractivity contribution in [2.75, 3.05) is 0 Å². The minimum absolute atomic E-state index is 1.02. The average Bonchev–Trinajstić information content (AvgIpc) is 1.94. The molecule has 0 radical (unpaired) electrons. The third kappa shape index (κ3) is 1.66. The van der Waals surface area contributed by atoms with E-state index in [2.05, 4.69) is 28.1 Å². The predicted octanol–water partition coefficient (Wildman–Crippen LogP) is 2.78. The second-order valence-corrected chi connectivity index (χ2v) is 2.65. The molecule has 0 spiro atoms. The van der Waals surface area contributed by atoms with Crippen LogP contribution in [0.1, 0.15) is 6.42 Å². The molecule has 0 aromatic rings. The Morgan fingerprint density at radius 3 is 3.00 bits per heavy atom. The van der Waals surface area contributed by atoms with E-state index in [1.807, 2.05) is 18.2 Å². The first-order valence-electron chi connectivity index (χ1n) is 2.57. The van der Waals surface area contributed by atoms with Crippen molar-refractivity contribution in [1.82, 2.24) is 0 Å². The van der Waals surface area contributed by atoms with Crippen LogP contribution in [0.2, 0.25) is 0 Å². The Morgan fingerprint density at radius 1 is 1.25 bits per heavy atom. The molecule has 8 heavy (non-hydrogen) atoms. The van der Waals surface area contributed by atoms with Crippen LogP contribution in [-0.4, -0.2) is 0 Å². The highest BCUT2D eigenvalue weighted by Gasteiger charge is 1.85. The zero-order valence-corrected chi connectivity index (χ0v) is 6.06. The maximum Gasteiger partial charge on any atom is -0.00116 e. The molecule has 0 aromatic heterocycles. The van der Waals surface area contributed by atoms with Gasteiger partial charge >= 0.3 is 0 Å². The van der Waals surface area contributed by atoms with Crippen molar-refractivity contribution in [3.8, 4) is 0 Å². The van der Waals surface area contributed by atoms with Crippen molar-refractivity contribution in [2.24, 2.45) is 0 Å². The summed E-state index contributed by atoms with van der Waals surface area (Å²) in [6, 6.07) is 0. The van der Waals surface area contributed by atoms with Crippen molar-refractivity contribution < 1.29 is 0 Å². The molecular formula is C7H7Br. The highest BCUT2D eigenvalue weighted by atomic mass is 79.9. The summed E-state index contributed by atoms with van der Waals surface area (Å²) in [7, 11) is 0. The van der Waals surface area contributed by atoms with Gasteiger partial charge in [-0.3, -0.25) is 0 Å². The molecule has 0 aromatic carbocycles. The van der Waals surface area contributed by atoms with Gasteiger partial charge in [0.15, 0.2) is 0 Å². The molecule has 0 aliphatic heterocycles. The van der Waals surface area contributed by atoms with Crippen LogP contribution in [0.25, 0.3) is 0 Å². The van der Waals surface area contributed by atoms with Crippen LogP contribution in [0.3, 0.4) is 0 Å². The number of hydrogen-bond acceptors (Lipinski definition) is 0. The predicted molar refractivity (Wildman–Crippen MR) is 39.9 cm³/mol. The zero-order valence-electron chi connectivity index (χ0n) is 4.47. The van der Waals surface area contributed by atoms with E-state index < -0.39 is 0 Å². The van der Waals surface area contributed by atoms with Gasteiger partial charge in [0.05, 0.1) is 0 Å². The monoisotopic (exact) mass is 170 g/mol. The second-order valence-electron chi connectivity index (χ2n) is 1.63. The van der Waals surface area contributed by atoms with Crippen LogP contribution in [0.4, 0.5) is 0 Å². The number of halogens is 1. The van der Waals surface area contributed by atoms with Gasteiger partial charge in [0.1, 0.15) is 0 Å². The molecule has 0 unspecified atom stereocenters. The summed E-state index contributed by atoms with van der Waals surface area (Å²) < 4.78 is 1.24. The van der Waals surface area contributed by atoms with Gasteiger partial charge in [0, 0.05) is 0 Å². The fraction of sp³-hybridized carbons (Fsp3) is 0.143. The summed E-state index contributed by atoms with van der Waals surface area (Å²) in [6.07, 6.45) is 11.3. The molecule has 0 heterocycles. The number of hydrogen-bond donors (Lipinski definition) is 0. The molecule has 0 bridgehead atoms. The molecule has 1 aliphatic rings. The van der Waals surface area contributed by atoms with Gasteiger partial charge in [-0.1, -0.05) is 46.3 Å².